The molecule has 1 fully saturated rings. The topological polar surface area (TPSA) is 87.5 Å². The van der Waals surface area contributed by atoms with E-state index in [9.17, 15) is 9.59 Å². The number of carbonyl (C=O) groups excluding carboxylic acids is 1. The first-order valence-electron chi connectivity index (χ1n) is 6.29. The van der Waals surface area contributed by atoms with E-state index in [0.29, 0.717) is 26.1 Å². The number of nitrogens with one attached hydrogen (secondary N) is 1. The van der Waals surface area contributed by atoms with Gasteiger partial charge in [0.2, 0.25) is 0 Å². The predicted octanol–water partition coefficient (Wildman–Crippen LogP) is 0.0787. The summed E-state index contributed by atoms with van der Waals surface area (Å²) < 4.78 is 1.72. The van der Waals surface area contributed by atoms with Gasteiger partial charge in [-0.2, -0.15) is 5.10 Å². The molecule has 2 N–H and O–H groups in total. The fraction of sp³-hybridized carbons (Fsp3) is 0.583. The molecule has 1 aromatic rings. The highest BCUT2D eigenvalue weighted by Crippen LogP contribution is 2.15. The maximum absolute atomic E-state index is 11.8. The zero-order valence-electron chi connectivity index (χ0n) is 10.9. The molecule has 104 valence electrons. The molecule has 1 aliphatic rings. The standard InChI is InChI=1S/C12H18N4O3/c1-15-7-9(6-14-15)2-4-13-12(19)16-5-3-10(8-16)11(17)18/h6-7,10H,2-5,8H2,1H3,(H,13,19)(H,17,18). The van der Waals surface area contributed by atoms with Gasteiger partial charge in [0.1, 0.15) is 0 Å². The minimum Gasteiger partial charge on any atom is -0.481 e. The molecule has 1 aromatic heterocycles. The lowest BCUT2D eigenvalue weighted by Crippen LogP contribution is -2.39. The molecule has 2 rings (SSSR count). The van der Waals surface area contributed by atoms with Gasteiger partial charge >= 0.3 is 12.0 Å². The molecule has 0 bridgehead atoms. The Morgan fingerprint density at radius 1 is 1.58 bits per heavy atom. The van der Waals surface area contributed by atoms with E-state index in [4.69, 9.17) is 5.11 Å². The minimum atomic E-state index is -0.828. The molecule has 7 heteroatoms. The van der Waals surface area contributed by atoms with Gasteiger partial charge in [-0.15, -0.1) is 0 Å². The number of urea groups is 1. The highest BCUT2D eigenvalue weighted by atomic mass is 16.4. The number of amides is 2. The molecule has 19 heavy (non-hydrogen) atoms. The molecule has 2 heterocycles. The van der Waals surface area contributed by atoms with Gasteiger partial charge in [0.05, 0.1) is 12.1 Å². The lowest BCUT2D eigenvalue weighted by Gasteiger charge is -2.16. The number of carboxylic acid groups (broad SMARTS) is 1. The summed E-state index contributed by atoms with van der Waals surface area (Å²) in [5, 5.41) is 15.7. The van der Waals surface area contributed by atoms with Gasteiger partial charge in [0.25, 0.3) is 0 Å². The number of nitrogens with zero attached hydrogens (tertiary/aromatic N) is 3. The van der Waals surface area contributed by atoms with Crippen LogP contribution in [0.3, 0.4) is 0 Å². The Bertz CT molecular complexity index is 471. The van der Waals surface area contributed by atoms with Gasteiger partial charge in [-0.05, 0) is 18.4 Å². The quantitative estimate of drug-likeness (QED) is 0.808. The van der Waals surface area contributed by atoms with Crippen molar-refractivity contribution < 1.29 is 14.7 Å². The molecule has 1 saturated heterocycles. The van der Waals surface area contributed by atoms with E-state index in [2.05, 4.69) is 10.4 Å². The Morgan fingerprint density at radius 3 is 2.95 bits per heavy atom. The van der Waals surface area contributed by atoms with Crippen LogP contribution in [0.15, 0.2) is 12.4 Å². The number of carboxylic acids is 1. The van der Waals surface area contributed by atoms with E-state index in [-0.39, 0.29) is 6.03 Å². The van der Waals surface area contributed by atoms with Crippen LogP contribution in [0.4, 0.5) is 4.79 Å². The molecule has 0 saturated carbocycles. The third kappa shape index (κ3) is 3.46. The number of carbonyl (C=O) groups is 2. The second kappa shape index (κ2) is 5.73. The van der Waals surface area contributed by atoms with Crippen LogP contribution >= 0.6 is 0 Å². The summed E-state index contributed by atoms with van der Waals surface area (Å²) in [6.45, 7) is 1.34. The zero-order chi connectivity index (χ0) is 13.8. The van der Waals surface area contributed by atoms with Crippen LogP contribution in [0.25, 0.3) is 0 Å². The van der Waals surface area contributed by atoms with E-state index in [0.717, 1.165) is 12.0 Å². The van der Waals surface area contributed by atoms with Crippen LogP contribution in [0, 0.1) is 5.92 Å². The van der Waals surface area contributed by atoms with E-state index in [1.54, 1.807) is 15.8 Å². The summed E-state index contributed by atoms with van der Waals surface area (Å²) >= 11 is 0. The van der Waals surface area contributed by atoms with Gasteiger partial charge in [0, 0.05) is 32.9 Å². The third-order valence-electron chi connectivity index (χ3n) is 3.27. The van der Waals surface area contributed by atoms with Crippen LogP contribution in [0.2, 0.25) is 0 Å². The zero-order valence-corrected chi connectivity index (χ0v) is 10.9. The second-order valence-electron chi connectivity index (χ2n) is 4.77. The summed E-state index contributed by atoms with van der Waals surface area (Å²) in [5.41, 5.74) is 1.06. The van der Waals surface area contributed by atoms with Crippen LogP contribution in [0.5, 0.6) is 0 Å². The normalized spacial score (nSPS) is 18.6. The fourth-order valence-corrected chi connectivity index (χ4v) is 2.17. The van der Waals surface area contributed by atoms with Crippen molar-refractivity contribution in [2.24, 2.45) is 13.0 Å². The average Bonchev–Trinajstić information content (AvgIpc) is 2.98. The maximum Gasteiger partial charge on any atom is 0.317 e. The Kier molecular flexibility index (Phi) is 4.03. The lowest BCUT2D eigenvalue weighted by molar-refractivity contribution is -0.141. The summed E-state index contributed by atoms with van der Waals surface area (Å²) in [7, 11) is 1.85. The highest BCUT2D eigenvalue weighted by Gasteiger charge is 2.30. The summed E-state index contributed by atoms with van der Waals surface area (Å²) in [6, 6.07) is -0.187. The summed E-state index contributed by atoms with van der Waals surface area (Å²) in [5.74, 6) is -1.25. The van der Waals surface area contributed by atoms with Gasteiger partial charge < -0.3 is 15.3 Å². The van der Waals surface area contributed by atoms with Crippen molar-refractivity contribution in [3.8, 4) is 0 Å². The van der Waals surface area contributed by atoms with Crippen molar-refractivity contribution in [1.29, 1.82) is 0 Å². The third-order valence-corrected chi connectivity index (χ3v) is 3.27. The summed E-state index contributed by atoms with van der Waals surface area (Å²) in [6.07, 6.45) is 4.92. The monoisotopic (exact) mass is 266 g/mol. The van der Waals surface area contributed by atoms with Crippen molar-refractivity contribution >= 4 is 12.0 Å². The number of likely N-dealkylation sites (tertiary alicyclic amines) is 1. The van der Waals surface area contributed by atoms with Gasteiger partial charge in [-0.25, -0.2) is 4.79 Å². The highest BCUT2D eigenvalue weighted by molar-refractivity contribution is 5.77. The smallest absolute Gasteiger partial charge is 0.317 e. The van der Waals surface area contributed by atoms with Crippen molar-refractivity contribution in [3.05, 3.63) is 18.0 Å². The van der Waals surface area contributed by atoms with Crippen LogP contribution in [-0.2, 0) is 18.3 Å². The van der Waals surface area contributed by atoms with Crippen molar-refractivity contribution in [2.45, 2.75) is 12.8 Å². The lowest BCUT2D eigenvalue weighted by atomic mass is 10.1. The van der Waals surface area contributed by atoms with E-state index < -0.39 is 11.9 Å². The first-order chi connectivity index (χ1) is 9.06. The van der Waals surface area contributed by atoms with Crippen molar-refractivity contribution in [3.63, 3.8) is 0 Å². The molecule has 0 aliphatic carbocycles. The molecule has 1 atom stereocenters. The molecule has 0 spiro atoms. The number of rotatable bonds is 4. The molecular weight excluding hydrogens is 248 g/mol. The maximum atomic E-state index is 11.8. The van der Waals surface area contributed by atoms with Crippen LogP contribution in [-0.4, -0.2) is 51.4 Å². The van der Waals surface area contributed by atoms with Gasteiger partial charge in [-0.3, -0.25) is 9.48 Å². The molecule has 1 unspecified atom stereocenters. The Balaban J connectivity index is 1.72. The average molecular weight is 266 g/mol. The van der Waals surface area contributed by atoms with Crippen LogP contribution in [0.1, 0.15) is 12.0 Å². The van der Waals surface area contributed by atoms with Crippen LogP contribution < -0.4 is 5.32 Å². The SMILES string of the molecule is Cn1cc(CCNC(=O)N2CCC(C(=O)O)C2)cn1. The molecule has 0 radical (unpaired) electrons. The Morgan fingerprint density at radius 2 is 2.37 bits per heavy atom. The van der Waals surface area contributed by atoms with E-state index >= 15 is 0 Å². The number of aromatic nitrogens is 2. The summed E-state index contributed by atoms with van der Waals surface area (Å²) in [4.78, 5) is 24.2. The first-order valence-corrected chi connectivity index (χ1v) is 6.29. The minimum absolute atomic E-state index is 0.187. The fourth-order valence-electron chi connectivity index (χ4n) is 2.17. The van der Waals surface area contributed by atoms with E-state index in [1.165, 1.54) is 0 Å². The Hall–Kier alpha value is -2.05. The molecule has 0 aromatic carbocycles. The van der Waals surface area contributed by atoms with E-state index in [1.807, 2.05) is 13.2 Å². The molecular formula is C12H18N4O3. The number of aryl methyl sites for hydroxylation is 1. The predicted molar refractivity (Wildman–Crippen MR) is 67.6 cm³/mol. The van der Waals surface area contributed by atoms with Gasteiger partial charge in [0.15, 0.2) is 0 Å². The van der Waals surface area contributed by atoms with Crippen molar-refractivity contribution in [2.75, 3.05) is 19.6 Å². The number of hydrogen-bond donors (Lipinski definition) is 2. The molecule has 1 aliphatic heterocycles. The van der Waals surface area contributed by atoms with Gasteiger partial charge in [-0.1, -0.05) is 0 Å². The number of hydrogen-bond acceptors (Lipinski definition) is 3. The number of aliphatic carboxylic acids is 1. The molecule has 7 nitrogen and oxygen atoms in total. The first kappa shape index (κ1) is 13.4. The largest absolute Gasteiger partial charge is 0.481 e. The van der Waals surface area contributed by atoms with Crippen molar-refractivity contribution in [1.82, 2.24) is 20.0 Å². The Labute approximate surface area is 111 Å². The molecule has 2 amide bonds. The second-order valence-corrected chi connectivity index (χ2v) is 4.77.